The van der Waals surface area contributed by atoms with Crippen molar-refractivity contribution in [3.8, 4) is 0 Å². The number of carbonyl (C=O) groups is 1. The first-order valence-electron chi connectivity index (χ1n) is 11.9. The molecule has 178 valence electrons. The maximum absolute atomic E-state index is 13.5. The van der Waals surface area contributed by atoms with E-state index in [9.17, 15) is 9.90 Å². The van der Waals surface area contributed by atoms with Gasteiger partial charge in [-0.1, -0.05) is 27.4 Å². The molecule has 1 unspecified atom stereocenters. The van der Waals surface area contributed by atoms with Gasteiger partial charge < -0.3 is 24.1 Å². The molecule has 32 heavy (non-hydrogen) atoms. The maximum Gasteiger partial charge on any atom is 0.164 e. The van der Waals surface area contributed by atoms with Crippen LogP contribution in [0.4, 0.5) is 0 Å². The van der Waals surface area contributed by atoms with E-state index in [4.69, 9.17) is 18.9 Å². The van der Waals surface area contributed by atoms with E-state index in [-0.39, 0.29) is 30.3 Å². The number of fused-ring (bicyclic) bond motifs is 6. The van der Waals surface area contributed by atoms with Crippen LogP contribution in [0, 0.1) is 16.7 Å². The van der Waals surface area contributed by atoms with Gasteiger partial charge in [-0.05, 0) is 64.2 Å². The molecule has 7 atom stereocenters. The van der Waals surface area contributed by atoms with Gasteiger partial charge >= 0.3 is 0 Å². The summed E-state index contributed by atoms with van der Waals surface area (Å²) < 4.78 is 26.6. The molecule has 2 saturated heterocycles. The Morgan fingerprint density at radius 2 is 1.59 bits per heavy atom. The maximum atomic E-state index is 13.5. The highest BCUT2D eigenvalue weighted by molar-refractivity contribution is 5.98. The van der Waals surface area contributed by atoms with Gasteiger partial charge in [-0.3, -0.25) is 4.79 Å². The lowest BCUT2D eigenvalue weighted by Gasteiger charge is -2.60. The Balaban J connectivity index is 1.84. The Bertz CT molecular complexity index is 929. The topological polar surface area (TPSA) is 74.2 Å². The molecular weight excluding hydrogens is 408 g/mol. The molecule has 2 aliphatic heterocycles. The molecule has 4 fully saturated rings. The normalized spacial score (nSPS) is 48.6. The van der Waals surface area contributed by atoms with Crippen molar-refractivity contribution in [2.45, 2.75) is 116 Å². The number of Topliss-reactive ketones (excluding diaryl/α,β-unsaturated/α-hetero) is 1. The Hall–Kier alpha value is -1.05. The van der Waals surface area contributed by atoms with Crippen molar-refractivity contribution in [2.75, 3.05) is 0 Å². The van der Waals surface area contributed by atoms with Gasteiger partial charge in [0.05, 0.1) is 18.3 Å². The third kappa shape index (κ3) is 2.67. The minimum atomic E-state index is -0.893. The van der Waals surface area contributed by atoms with Gasteiger partial charge in [-0.2, -0.15) is 0 Å². The van der Waals surface area contributed by atoms with Crippen LogP contribution in [-0.4, -0.2) is 52.5 Å². The first kappa shape index (κ1) is 22.7. The van der Waals surface area contributed by atoms with Crippen LogP contribution < -0.4 is 0 Å². The van der Waals surface area contributed by atoms with E-state index in [0.29, 0.717) is 6.42 Å². The molecule has 0 radical (unpaired) electrons. The number of rotatable bonds is 0. The molecule has 1 spiro atoms. The molecule has 6 heteroatoms. The van der Waals surface area contributed by atoms with E-state index in [1.165, 1.54) is 0 Å². The third-order valence-electron chi connectivity index (χ3n) is 9.10. The summed E-state index contributed by atoms with van der Waals surface area (Å²) in [6.45, 7) is 20.5. The molecule has 3 aliphatic carbocycles. The fourth-order valence-corrected chi connectivity index (χ4v) is 7.62. The lowest BCUT2D eigenvalue weighted by molar-refractivity contribution is -0.189. The fourth-order valence-electron chi connectivity index (χ4n) is 7.62. The number of allylic oxidation sites excluding steroid dienone is 1. The zero-order chi connectivity index (χ0) is 23.6. The zero-order valence-electron chi connectivity index (χ0n) is 20.7. The van der Waals surface area contributed by atoms with Gasteiger partial charge in [-0.25, -0.2) is 0 Å². The highest BCUT2D eigenvalue weighted by Gasteiger charge is 2.74. The predicted octanol–water partition coefficient (Wildman–Crippen LogP) is 4.06. The second-order valence-corrected chi connectivity index (χ2v) is 12.3. The standard InChI is InChI=1S/C26H38O6/c1-13-15(27)10-11-25(9)18(13)20-26(32-24(7,8)30-20)12-16(28)14(2)17(22(26,3)4)19-21(25)31-23(5,6)29-19/h15,18-21,27H,1,10-12H2,2-9H3/t15-,18?,19+,20-,21-,25+,26+/m0/s1. The van der Waals surface area contributed by atoms with Gasteiger partial charge in [-0.15, -0.1) is 0 Å². The Labute approximate surface area is 191 Å². The quantitative estimate of drug-likeness (QED) is 0.566. The molecule has 0 aromatic carbocycles. The summed E-state index contributed by atoms with van der Waals surface area (Å²) in [7, 11) is 0. The number of aliphatic hydroxyl groups is 1. The molecule has 2 saturated carbocycles. The highest BCUT2D eigenvalue weighted by Crippen LogP contribution is 2.67. The number of carbonyl (C=O) groups excluding carboxylic acids is 1. The van der Waals surface area contributed by atoms with Gasteiger partial charge in [0, 0.05) is 23.2 Å². The van der Waals surface area contributed by atoms with Crippen molar-refractivity contribution in [1.82, 2.24) is 0 Å². The largest absolute Gasteiger partial charge is 0.389 e. The summed E-state index contributed by atoms with van der Waals surface area (Å²) in [5.41, 5.74) is 0.606. The molecule has 0 aromatic rings. The van der Waals surface area contributed by atoms with Crippen molar-refractivity contribution in [3.63, 3.8) is 0 Å². The summed E-state index contributed by atoms with van der Waals surface area (Å²) >= 11 is 0. The Morgan fingerprint density at radius 1 is 0.969 bits per heavy atom. The average Bonchev–Trinajstić information content (AvgIpc) is 3.11. The lowest BCUT2D eigenvalue weighted by Crippen LogP contribution is -2.68. The van der Waals surface area contributed by atoms with Gasteiger partial charge in [0.15, 0.2) is 17.4 Å². The van der Waals surface area contributed by atoms with E-state index in [1.807, 2.05) is 34.6 Å². The van der Waals surface area contributed by atoms with Crippen LogP contribution in [0.1, 0.15) is 74.7 Å². The number of ether oxygens (including phenoxy) is 4. The van der Waals surface area contributed by atoms with Crippen LogP contribution in [0.2, 0.25) is 0 Å². The van der Waals surface area contributed by atoms with E-state index in [0.717, 1.165) is 23.1 Å². The van der Waals surface area contributed by atoms with Crippen LogP contribution >= 0.6 is 0 Å². The SMILES string of the molecule is C=C1C2[C@@H]3OC(C)(C)O[C@]34CC(=O)C(C)=C([C@H]3OC(C)(C)O[C@@H]3[C@]2(C)CC[C@@H]1O)C4(C)C. The Morgan fingerprint density at radius 3 is 2.25 bits per heavy atom. The number of aliphatic hydroxyl groups excluding tert-OH is 1. The van der Waals surface area contributed by atoms with Gasteiger partial charge in [0.25, 0.3) is 0 Å². The molecule has 0 aromatic heterocycles. The van der Waals surface area contributed by atoms with Crippen molar-refractivity contribution in [3.05, 3.63) is 23.3 Å². The van der Waals surface area contributed by atoms with E-state index in [2.05, 4.69) is 27.4 Å². The second kappa shape index (κ2) is 6.33. The first-order chi connectivity index (χ1) is 14.6. The average molecular weight is 447 g/mol. The molecule has 6 nitrogen and oxygen atoms in total. The zero-order valence-corrected chi connectivity index (χ0v) is 20.7. The van der Waals surface area contributed by atoms with Crippen LogP contribution in [0.15, 0.2) is 23.3 Å². The van der Waals surface area contributed by atoms with Crippen LogP contribution in [0.25, 0.3) is 0 Å². The number of ketones is 1. The summed E-state index contributed by atoms with van der Waals surface area (Å²) in [6, 6.07) is 0. The van der Waals surface area contributed by atoms with Gasteiger partial charge in [0.2, 0.25) is 0 Å². The summed E-state index contributed by atoms with van der Waals surface area (Å²) in [6.07, 6.45) is -0.151. The second-order valence-electron chi connectivity index (χ2n) is 12.3. The molecule has 0 amide bonds. The minimum Gasteiger partial charge on any atom is -0.389 e. The van der Waals surface area contributed by atoms with Gasteiger partial charge in [0.1, 0.15) is 11.7 Å². The smallest absolute Gasteiger partial charge is 0.164 e. The van der Waals surface area contributed by atoms with Crippen LogP contribution in [0.5, 0.6) is 0 Å². The molecule has 5 aliphatic rings. The van der Waals surface area contributed by atoms with Crippen molar-refractivity contribution in [1.29, 1.82) is 0 Å². The summed E-state index contributed by atoms with van der Waals surface area (Å²) in [5, 5.41) is 10.9. The molecule has 2 heterocycles. The monoisotopic (exact) mass is 446 g/mol. The van der Waals surface area contributed by atoms with Crippen molar-refractivity contribution >= 4 is 5.78 Å². The lowest BCUT2D eigenvalue weighted by atomic mass is 9.48. The predicted molar refractivity (Wildman–Crippen MR) is 119 cm³/mol. The fraction of sp³-hybridized carbons (Fsp3) is 0.808. The third-order valence-corrected chi connectivity index (χ3v) is 9.10. The summed E-state index contributed by atoms with van der Waals surface area (Å²) in [5.74, 6) is -1.85. The molecule has 2 bridgehead atoms. The van der Waals surface area contributed by atoms with E-state index >= 15 is 0 Å². The molecular formula is C26H38O6. The number of hydrogen-bond donors (Lipinski definition) is 1. The molecule has 1 N–H and O–H groups in total. The summed E-state index contributed by atoms with van der Waals surface area (Å²) in [4.78, 5) is 13.5. The van der Waals surface area contributed by atoms with Crippen molar-refractivity contribution < 1.29 is 28.8 Å². The molecule has 5 rings (SSSR count). The van der Waals surface area contributed by atoms with E-state index < -0.39 is 40.2 Å². The van der Waals surface area contributed by atoms with Crippen molar-refractivity contribution in [2.24, 2.45) is 16.7 Å². The van der Waals surface area contributed by atoms with Crippen LogP contribution in [0.3, 0.4) is 0 Å². The number of hydrogen-bond acceptors (Lipinski definition) is 6. The first-order valence-corrected chi connectivity index (χ1v) is 11.9. The highest BCUT2D eigenvalue weighted by atomic mass is 16.8. The van der Waals surface area contributed by atoms with E-state index in [1.54, 1.807) is 0 Å². The minimum absolute atomic E-state index is 0.0586. The Kier molecular flexibility index (Phi) is 4.50. The van der Waals surface area contributed by atoms with Crippen LogP contribution in [-0.2, 0) is 23.7 Å².